The maximum atomic E-state index is 6.13. The van der Waals surface area contributed by atoms with Gasteiger partial charge in [-0.25, -0.2) is 0 Å². The summed E-state index contributed by atoms with van der Waals surface area (Å²) in [6.07, 6.45) is 4.26. The maximum absolute atomic E-state index is 6.13. The zero-order chi connectivity index (χ0) is 24.7. The van der Waals surface area contributed by atoms with E-state index in [-0.39, 0.29) is 0 Å². The number of allylic oxidation sites excluding steroid dienone is 3. The van der Waals surface area contributed by atoms with Crippen LogP contribution in [0.25, 0.3) is 11.1 Å². The summed E-state index contributed by atoms with van der Waals surface area (Å²) < 4.78 is 6.13. The summed E-state index contributed by atoms with van der Waals surface area (Å²) in [5.41, 5.74) is 20.4. The van der Waals surface area contributed by atoms with Crippen LogP contribution >= 0.6 is 0 Å². The fourth-order valence-corrected chi connectivity index (χ4v) is 6.68. The highest BCUT2D eigenvalue weighted by atomic mass is 16.5. The van der Waals surface area contributed by atoms with Gasteiger partial charge in [0.15, 0.2) is 0 Å². The molecule has 1 heterocycles. The van der Waals surface area contributed by atoms with E-state index in [1.807, 2.05) is 6.26 Å². The summed E-state index contributed by atoms with van der Waals surface area (Å²) >= 11 is 0. The number of fused-ring (bicyclic) bond motifs is 6. The van der Waals surface area contributed by atoms with E-state index in [0.717, 1.165) is 5.75 Å². The van der Waals surface area contributed by atoms with Crippen LogP contribution in [-0.4, -0.2) is 0 Å². The van der Waals surface area contributed by atoms with Gasteiger partial charge in [0.05, 0.1) is 11.7 Å². The fourth-order valence-electron chi connectivity index (χ4n) is 6.68. The lowest BCUT2D eigenvalue weighted by molar-refractivity contribution is 0.443. The van der Waals surface area contributed by atoms with E-state index in [9.17, 15) is 0 Å². The largest absolute Gasteiger partial charge is 0.465 e. The smallest absolute Gasteiger partial charge is 0.131 e. The molecule has 0 bridgehead atoms. The molecule has 1 aliphatic carbocycles. The summed E-state index contributed by atoms with van der Waals surface area (Å²) in [6, 6.07) is 8.63. The van der Waals surface area contributed by atoms with E-state index < -0.39 is 5.41 Å². The van der Waals surface area contributed by atoms with Crippen molar-refractivity contribution >= 4 is 11.1 Å². The topological polar surface area (TPSA) is 9.23 Å². The third-order valence-corrected chi connectivity index (χ3v) is 9.30. The highest BCUT2D eigenvalue weighted by Crippen LogP contribution is 2.57. The number of ether oxygens (including phenoxy) is 1. The number of hydrogen-bond donors (Lipinski definition) is 0. The quantitative estimate of drug-likeness (QED) is 0.334. The minimum atomic E-state index is -0.418. The molecule has 3 aromatic carbocycles. The van der Waals surface area contributed by atoms with Crippen molar-refractivity contribution in [1.82, 2.24) is 0 Å². The van der Waals surface area contributed by atoms with Gasteiger partial charge < -0.3 is 4.74 Å². The first kappa shape index (κ1) is 22.7. The molecule has 0 saturated carbocycles. The van der Waals surface area contributed by atoms with Gasteiger partial charge in [-0.1, -0.05) is 18.2 Å². The van der Waals surface area contributed by atoms with Gasteiger partial charge >= 0.3 is 0 Å². The van der Waals surface area contributed by atoms with E-state index in [1.54, 1.807) is 0 Å². The van der Waals surface area contributed by atoms with Crippen molar-refractivity contribution in [2.45, 2.75) is 74.7 Å². The van der Waals surface area contributed by atoms with Gasteiger partial charge in [0, 0.05) is 5.56 Å². The number of rotatable bonds is 0. The second-order valence-electron chi connectivity index (χ2n) is 10.5. The molecule has 0 fully saturated rings. The molecular formula is C33H36O. The van der Waals surface area contributed by atoms with E-state index in [2.05, 4.69) is 99.6 Å². The SMILES string of the molecule is CC1=C(C)c2c(C)c(C)c(C)c(C)c2C2(C=COc3ccccc32)c2c(C)c(C)c(C)c(C)c21. The lowest BCUT2D eigenvalue weighted by atomic mass is 9.62. The predicted molar refractivity (Wildman–Crippen MR) is 145 cm³/mol. The standard InChI is InChI=1S/C33H36O/c1-17-19(3)25(9)31-29(21(17)5)23(7)24(8)30-22(6)18(2)20(4)26(10)32(30)33(31)15-16-34-28-14-12-11-13-27(28)33/h11-16H,1-10H3. The summed E-state index contributed by atoms with van der Waals surface area (Å²) in [7, 11) is 0. The molecule has 0 aromatic heterocycles. The van der Waals surface area contributed by atoms with Gasteiger partial charge in [0.25, 0.3) is 0 Å². The Hall–Kier alpha value is -3.06. The third kappa shape index (κ3) is 2.62. The van der Waals surface area contributed by atoms with Crippen molar-refractivity contribution in [3.05, 3.63) is 109 Å². The van der Waals surface area contributed by atoms with Gasteiger partial charge in [0.2, 0.25) is 0 Å². The zero-order valence-corrected chi connectivity index (χ0v) is 22.4. The molecular weight excluding hydrogens is 412 g/mol. The molecule has 174 valence electrons. The van der Waals surface area contributed by atoms with Gasteiger partial charge in [-0.2, -0.15) is 0 Å². The maximum Gasteiger partial charge on any atom is 0.131 e. The second kappa shape index (κ2) is 7.47. The van der Waals surface area contributed by atoms with Gasteiger partial charge in [-0.15, -0.1) is 0 Å². The van der Waals surface area contributed by atoms with Crippen LogP contribution in [0.4, 0.5) is 0 Å². The predicted octanol–water partition coefficient (Wildman–Crippen LogP) is 8.66. The Morgan fingerprint density at radius 1 is 0.529 bits per heavy atom. The minimum absolute atomic E-state index is 0.418. The Labute approximate surface area is 205 Å². The van der Waals surface area contributed by atoms with E-state index >= 15 is 0 Å². The van der Waals surface area contributed by atoms with Crippen molar-refractivity contribution < 1.29 is 4.74 Å². The first-order valence-electron chi connectivity index (χ1n) is 12.4. The highest BCUT2D eigenvalue weighted by Gasteiger charge is 2.46. The zero-order valence-electron chi connectivity index (χ0n) is 22.4. The van der Waals surface area contributed by atoms with Gasteiger partial charge in [-0.3, -0.25) is 0 Å². The van der Waals surface area contributed by atoms with Crippen molar-refractivity contribution in [1.29, 1.82) is 0 Å². The molecule has 3 aromatic rings. The number of para-hydroxylation sites is 1. The average Bonchev–Trinajstić information content (AvgIpc) is 2.91. The lowest BCUT2D eigenvalue weighted by Crippen LogP contribution is -2.34. The molecule has 1 heteroatoms. The molecule has 1 nitrogen and oxygen atoms in total. The normalized spacial score (nSPS) is 15.6. The summed E-state index contributed by atoms with van der Waals surface area (Å²) in [4.78, 5) is 0. The van der Waals surface area contributed by atoms with Crippen molar-refractivity contribution in [3.8, 4) is 5.75 Å². The molecule has 0 atom stereocenters. The summed E-state index contributed by atoms with van der Waals surface area (Å²) in [6.45, 7) is 23.1. The average molecular weight is 449 g/mol. The van der Waals surface area contributed by atoms with Crippen LogP contribution in [0, 0.1) is 55.4 Å². The van der Waals surface area contributed by atoms with E-state index in [4.69, 9.17) is 4.74 Å². The Morgan fingerprint density at radius 2 is 0.971 bits per heavy atom. The first-order chi connectivity index (χ1) is 16.1. The Bertz CT molecular complexity index is 1380. The Morgan fingerprint density at radius 3 is 1.47 bits per heavy atom. The molecule has 1 aliphatic heterocycles. The second-order valence-corrected chi connectivity index (χ2v) is 10.5. The van der Waals surface area contributed by atoms with Crippen LogP contribution in [0.1, 0.15) is 86.2 Å². The van der Waals surface area contributed by atoms with Gasteiger partial charge in [0.1, 0.15) is 5.75 Å². The molecule has 0 radical (unpaired) electrons. The number of hydrogen-bond acceptors (Lipinski definition) is 1. The monoisotopic (exact) mass is 448 g/mol. The minimum Gasteiger partial charge on any atom is -0.465 e. The third-order valence-electron chi connectivity index (χ3n) is 9.30. The van der Waals surface area contributed by atoms with Crippen molar-refractivity contribution in [2.75, 3.05) is 0 Å². The van der Waals surface area contributed by atoms with Crippen LogP contribution in [-0.2, 0) is 5.41 Å². The van der Waals surface area contributed by atoms with Crippen LogP contribution in [0.5, 0.6) is 5.75 Å². The molecule has 2 aliphatic rings. The lowest BCUT2D eigenvalue weighted by Gasteiger charge is -2.41. The summed E-state index contributed by atoms with van der Waals surface area (Å²) in [5, 5.41) is 0. The first-order valence-corrected chi connectivity index (χ1v) is 12.4. The molecule has 5 rings (SSSR count). The molecule has 0 amide bonds. The fraction of sp³-hybridized carbons (Fsp3) is 0.333. The molecule has 1 spiro atoms. The van der Waals surface area contributed by atoms with Crippen molar-refractivity contribution in [3.63, 3.8) is 0 Å². The molecule has 0 N–H and O–H groups in total. The molecule has 0 saturated heterocycles. The van der Waals surface area contributed by atoms with Crippen LogP contribution in [0.2, 0.25) is 0 Å². The van der Waals surface area contributed by atoms with Crippen LogP contribution in [0.3, 0.4) is 0 Å². The highest BCUT2D eigenvalue weighted by molar-refractivity contribution is 5.98. The summed E-state index contributed by atoms with van der Waals surface area (Å²) in [5.74, 6) is 0.949. The molecule has 0 unspecified atom stereocenters. The van der Waals surface area contributed by atoms with Crippen LogP contribution < -0.4 is 4.74 Å². The number of benzene rings is 3. The van der Waals surface area contributed by atoms with E-state index in [0.29, 0.717) is 0 Å². The van der Waals surface area contributed by atoms with Crippen molar-refractivity contribution in [2.24, 2.45) is 0 Å². The van der Waals surface area contributed by atoms with E-state index in [1.165, 1.54) is 83.5 Å². The Balaban J connectivity index is 2.18. The molecule has 34 heavy (non-hydrogen) atoms. The Kier molecular flexibility index (Phi) is 4.99. The van der Waals surface area contributed by atoms with Gasteiger partial charge in [-0.05, 0) is 159 Å². The van der Waals surface area contributed by atoms with Crippen LogP contribution in [0.15, 0.2) is 36.6 Å².